The molecule has 1 fully saturated rings. The standard InChI is InChI=1S/C7H14N2O2/c1-2-8-4-3-7(11)9(8)5-6-10/h10H,2-6H2,1H3. The molecule has 1 N–H and O–H groups in total. The van der Waals surface area contributed by atoms with Crippen molar-refractivity contribution in [2.75, 3.05) is 26.2 Å². The van der Waals surface area contributed by atoms with Crippen molar-refractivity contribution in [3.63, 3.8) is 0 Å². The molecule has 64 valence electrons. The molecule has 0 radical (unpaired) electrons. The maximum atomic E-state index is 11.1. The Morgan fingerprint density at radius 1 is 1.64 bits per heavy atom. The second kappa shape index (κ2) is 3.69. The van der Waals surface area contributed by atoms with Gasteiger partial charge in [-0.25, -0.2) is 5.01 Å². The zero-order valence-electron chi connectivity index (χ0n) is 6.79. The number of β-amino-alcohol motifs (C(OH)–C–C–N with tert-alkyl or cyclic N) is 1. The topological polar surface area (TPSA) is 43.8 Å². The molecule has 0 bridgehead atoms. The number of carbonyl (C=O) groups is 1. The summed E-state index contributed by atoms with van der Waals surface area (Å²) in [6.07, 6.45) is 0.591. The van der Waals surface area contributed by atoms with Crippen molar-refractivity contribution in [1.29, 1.82) is 0 Å². The molecule has 0 aromatic carbocycles. The Morgan fingerprint density at radius 2 is 2.36 bits per heavy atom. The molecule has 1 aliphatic rings. The first-order valence-corrected chi connectivity index (χ1v) is 3.95. The van der Waals surface area contributed by atoms with Gasteiger partial charge in [0.15, 0.2) is 0 Å². The smallest absolute Gasteiger partial charge is 0.238 e. The lowest BCUT2D eigenvalue weighted by Gasteiger charge is -2.25. The normalized spacial score (nSPS) is 19.8. The van der Waals surface area contributed by atoms with Crippen molar-refractivity contribution in [2.24, 2.45) is 0 Å². The van der Waals surface area contributed by atoms with Crippen LogP contribution in [0.4, 0.5) is 0 Å². The summed E-state index contributed by atoms with van der Waals surface area (Å²) in [6, 6.07) is 0. The van der Waals surface area contributed by atoms with Crippen LogP contribution in [0.25, 0.3) is 0 Å². The summed E-state index contributed by atoms with van der Waals surface area (Å²) in [5, 5.41) is 12.2. The first kappa shape index (κ1) is 8.49. The second-order valence-corrected chi connectivity index (χ2v) is 2.54. The van der Waals surface area contributed by atoms with Gasteiger partial charge in [0.25, 0.3) is 0 Å². The van der Waals surface area contributed by atoms with Crippen LogP contribution in [-0.2, 0) is 4.79 Å². The van der Waals surface area contributed by atoms with Gasteiger partial charge in [-0.2, -0.15) is 0 Å². The van der Waals surface area contributed by atoms with Crippen LogP contribution >= 0.6 is 0 Å². The van der Waals surface area contributed by atoms with Gasteiger partial charge in [0.2, 0.25) is 5.91 Å². The molecule has 1 saturated heterocycles. The van der Waals surface area contributed by atoms with Crippen LogP contribution in [-0.4, -0.2) is 47.3 Å². The Kier molecular flexibility index (Phi) is 2.84. The van der Waals surface area contributed by atoms with Crippen molar-refractivity contribution >= 4 is 5.91 Å². The van der Waals surface area contributed by atoms with Crippen LogP contribution < -0.4 is 0 Å². The summed E-state index contributed by atoms with van der Waals surface area (Å²) in [7, 11) is 0. The third kappa shape index (κ3) is 1.70. The Morgan fingerprint density at radius 3 is 2.91 bits per heavy atom. The Labute approximate surface area is 66.4 Å². The first-order valence-electron chi connectivity index (χ1n) is 3.95. The third-order valence-corrected chi connectivity index (χ3v) is 1.89. The number of hydrogen-bond acceptors (Lipinski definition) is 3. The van der Waals surface area contributed by atoms with E-state index in [4.69, 9.17) is 5.11 Å². The molecule has 11 heavy (non-hydrogen) atoms. The van der Waals surface area contributed by atoms with E-state index in [1.807, 2.05) is 11.9 Å². The van der Waals surface area contributed by atoms with Crippen molar-refractivity contribution in [3.8, 4) is 0 Å². The lowest BCUT2D eigenvalue weighted by Crippen LogP contribution is -2.40. The van der Waals surface area contributed by atoms with E-state index in [-0.39, 0.29) is 12.5 Å². The lowest BCUT2D eigenvalue weighted by molar-refractivity contribution is -0.138. The van der Waals surface area contributed by atoms with E-state index in [9.17, 15) is 4.79 Å². The quantitative estimate of drug-likeness (QED) is 0.599. The molecule has 0 aromatic heterocycles. The monoisotopic (exact) mass is 158 g/mol. The van der Waals surface area contributed by atoms with Gasteiger partial charge in [-0.3, -0.25) is 9.80 Å². The van der Waals surface area contributed by atoms with Gasteiger partial charge in [-0.05, 0) is 0 Å². The minimum atomic E-state index is 0.0439. The first-order chi connectivity index (χ1) is 5.29. The number of hydrogen-bond donors (Lipinski definition) is 1. The van der Waals surface area contributed by atoms with Crippen molar-refractivity contribution < 1.29 is 9.90 Å². The van der Waals surface area contributed by atoms with Gasteiger partial charge >= 0.3 is 0 Å². The van der Waals surface area contributed by atoms with Crippen molar-refractivity contribution in [1.82, 2.24) is 10.0 Å². The number of aliphatic hydroxyl groups excluding tert-OH is 1. The average Bonchev–Trinajstić information content (AvgIpc) is 2.34. The molecule has 0 aliphatic carbocycles. The molecule has 0 aromatic rings. The highest BCUT2D eigenvalue weighted by Crippen LogP contribution is 2.09. The summed E-state index contributed by atoms with van der Waals surface area (Å²) >= 11 is 0. The van der Waals surface area contributed by atoms with Gasteiger partial charge in [-0.1, -0.05) is 6.92 Å². The van der Waals surface area contributed by atoms with Crippen LogP contribution in [0.1, 0.15) is 13.3 Å². The molecular formula is C7H14N2O2. The molecule has 1 aliphatic heterocycles. The SMILES string of the molecule is CCN1CCC(=O)N1CCO. The molecule has 1 amide bonds. The highest BCUT2D eigenvalue weighted by atomic mass is 16.3. The maximum Gasteiger partial charge on any atom is 0.238 e. The van der Waals surface area contributed by atoms with Crippen molar-refractivity contribution in [3.05, 3.63) is 0 Å². The summed E-state index contributed by atoms with van der Waals surface area (Å²) in [5.74, 6) is 0.126. The molecule has 0 atom stereocenters. The summed E-state index contributed by atoms with van der Waals surface area (Å²) in [4.78, 5) is 11.1. The number of nitrogens with zero attached hydrogens (tertiary/aromatic N) is 2. The van der Waals surface area contributed by atoms with E-state index in [0.717, 1.165) is 13.1 Å². The number of rotatable bonds is 3. The predicted molar refractivity (Wildman–Crippen MR) is 40.7 cm³/mol. The van der Waals surface area contributed by atoms with Crippen LogP contribution in [0.2, 0.25) is 0 Å². The van der Waals surface area contributed by atoms with Gasteiger partial charge in [-0.15, -0.1) is 0 Å². The van der Waals surface area contributed by atoms with Gasteiger partial charge in [0, 0.05) is 19.5 Å². The minimum Gasteiger partial charge on any atom is -0.394 e. The minimum absolute atomic E-state index is 0.0439. The predicted octanol–water partition coefficient (Wildman–Crippen LogP) is -0.552. The summed E-state index contributed by atoms with van der Waals surface area (Å²) < 4.78 is 0. The highest BCUT2D eigenvalue weighted by Gasteiger charge is 2.26. The van der Waals surface area contributed by atoms with E-state index in [0.29, 0.717) is 13.0 Å². The van der Waals surface area contributed by atoms with Crippen LogP contribution in [0.15, 0.2) is 0 Å². The molecule has 0 saturated carbocycles. The number of amides is 1. The third-order valence-electron chi connectivity index (χ3n) is 1.89. The lowest BCUT2D eigenvalue weighted by atomic mass is 10.4. The average molecular weight is 158 g/mol. The fourth-order valence-electron chi connectivity index (χ4n) is 1.32. The van der Waals surface area contributed by atoms with Crippen molar-refractivity contribution in [2.45, 2.75) is 13.3 Å². The highest BCUT2D eigenvalue weighted by molar-refractivity contribution is 5.77. The molecule has 4 heteroatoms. The van der Waals surface area contributed by atoms with Gasteiger partial charge in [0.1, 0.15) is 0 Å². The number of carbonyl (C=O) groups excluding carboxylic acids is 1. The molecule has 0 unspecified atom stereocenters. The molecule has 1 heterocycles. The molecular weight excluding hydrogens is 144 g/mol. The Bertz CT molecular complexity index is 149. The fraction of sp³-hybridized carbons (Fsp3) is 0.857. The van der Waals surface area contributed by atoms with Crippen LogP contribution in [0, 0.1) is 0 Å². The number of aliphatic hydroxyl groups is 1. The van der Waals surface area contributed by atoms with E-state index in [1.54, 1.807) is 5.01 Å². The maximum absolute atomic E-state index is 11.1. The summed E-state index contributed by atoms with van der Waals surface area (Å²) in [5.41, 5.74) is 0. The number of hydrazine groups is 1. The fourth-order valence-corrected chi connectivity index (χ4v) is 1.32. The molecule has 4 nitrogen and oxygen atoms in total. The van der Waals surface area contributed by atoms with E-state index < -0.39 is 0 Å². The van der Waals surface area contributed by atoms with Crippen LogP contribution in [0.3, 0.4) is 0 Å². The van der Waals surface area contributed by atoms with Gasteiger partial charge < -0.3 is 5.11 Å². The van der Waals surface area contributed by atoms with Crippen LogP contribution in [0.5, 0.6) is 0 Å². The molecule has 1 rings (SSSR count). The Hall–Kier alpha value is -0.610. The zero-order valence-corrected chi connectivity index (χ0v) is 6.79. The Balaban J connectivity index is 2.49. The zero-order chi connectivity index (χ0) is 8.27. The van der Waals surface area contributed by atoms with Gasteiger partial charge in [0.05, 0.1) is 13.2 Å². The second-order valence-electron chi connectivity index (χ2n) is 2.54. The van der Waals surface area contributed by atoms with E-state index >= 15 is 0 Å². The van der Waals surface area contributed by atoms with E-state index in [1.165, 1.54) is 0 Å². The summed E-state index contributed by atoms with van der Waals surface area (Å²) in [6.45, 7) is 4.12. The largest absolute Gasteiger partial charge is 0.394 e. The van der Waals surface area contributed by atoms with E-state index in [2.05, 4.69) is 0 Å². The molecule has 0 spiro atoms.